The van der Waals surface area contributed by atoms with Gasteiger partial charge in [-0.05, 0) is 60.5 Å². The Morgan fingerprint density at radius 3 is 2.30 bits per heavy atom. The van der Waals surface area contributed by atoms with Crippen LogP contribution < -0.4 is 15.0 Å². The van der Waals surface area contributed by atoms with Crippen LogP contribution in [0.3, 0.4) is 0 Å². The quantitative estimate of drug-likeness (QED) is 0.680. The Bertz CT molecular complexity index is 903. The van der Waals surface area contributed by atoms with Crippen LogP contribution in [0.2, 0.25) is 0 Å². The van der Waals surface area contributed by atoms with Crippen molar-refractivity contribution in [3.8, 4) is 5.75 Å². The van der Waals surface area contributed by atoms with Gasteiger partial charge in [0.15, 0.2) is 0 Å². The third-order valence-electron chi connectivity index (χ3n) is 4.30. The zero-order chi connectivity index (χ0) is 19.2. The fraction of sp³-hybridized carbons (Fsp3) is 0.174. The van der Waals surface area contributed by atoms with E-state index in [2.05, 4.69) is 5.32 Å². The van der Waals surface area contributed by atoms with E-state index in [0.29, 0.717) is 12.2 Å². The molecule has 138 valence electrons. The SMILES string of the molecule is Cc1cc(C(=O)Nc2ccc(OCc3ccccc3)cc2)ccc1N(C)C. The summed E-state index contributed by atoms with van der Waals surface area (Å²) in [5.74, 6) is 0.643. The van der Waals surface area contributed by atoms with Crippen LogP contribution >= 0.6 is 0 Å². The molecular formula is C23H24N2O2. The van der Waals surface area contributed by atoms with Gasteiger partial charge in [-0.15, -0.1) is 0 Å². The van der Waals surface area contributed by atoms with E-state index in [1.165, 1.54) is 0 Å². The minimum absolute atomic E-state index is 0.124. The average Bonchev–Trinajstić information content (AvgIpc) is 2.68. The van der Waals surface area contributed by atoms with Crippen molar-refractivity contribution in [1.29, 1.82) is 0 Å². The third kappa shape index (κ3) is 4.88. The summed E-state index contributed by atoms with van der Waals surface area (Å²) in [6.07, 6.45) is 0. The molecule has 27 heavy (non-hydrogen) atoms. The van der Waals surface area contributed by atoms with Gasteiger partial charge in [-0.3, -0.25) is 4.79 Å². The lowest BCUT2D eigenvalue weighted by Crippen LogP contribution is -2.14. The Hall–Kier alpha value is -3.27. The van der Waals surface area contributed by atoms with Gasteiger partial charge in [0.25, 0.3) is 5.91 Å². The Balaban J connectivity index is 1.60. The maximum atomic E-state index is 12.5. The predicted molar refractivity (Wildman–Crippen MR) is 111 cm³/mol. The maximum Gasteiger partial charge on any atom is 0.255 e. The molecule has 1 N–H and O–H groups in total. The second kappa shape index (κ2) is 8.41. The summed E-state index contributed by atoms with van der Waals surface area (Å²) in [5, 5.41) is 2.93. The lowest BCUT2D eigenvalue weighted by molar-refractivity contribution is 0.102. The molecule has 3 aromatic rings. The van der Waals surface area contributed by atoms with Gasteiger partial charge in [-0.25, -0.2) is 0 Å². The number of nitrogens with one attached hydrogen (secondary N) is 1. The molecule has 0 aromatic heterocycles. The number of carbonyl (C=O) groups is 1. The Morgan fingerprint density at radius 2 is 1.67 bits per heavy atom. The highest BCUT2D eigenvalue weighted by molar-refractivity contribution is 6.04. The number of hydrogen-bond donors (Lipinski definition) is 1. The third-order valence-corrected chi connectivity index (χ3v) is 4.30. The molecule has 0 aliphatic heterocycles. The van der Waals surface area contributed by atoms with Gasteiger partial charge in [0.2, 0.25) is 0 Å². The highest BCUT2D eigenvalue weighted by Gasteiger charge is 2.09. The van der Waals surface area contributed by atoms with Gasteiger partial charge < -0.3 is 15.0 Å². The van der Waals surface area contributed by atoms with E-state index in [9.17, 15) is 4.79 Å². The first kappa shape index (κ1) is 18.5. The predicted octanol–water partition coefficient (Wildman–Crippen LogP) is 4.89. The minimum Gasteiger partial charge on any atom is -0.489 e. The second-order valence-electron chi connectivity index (χ2n) is 6.65. The summed E-state index contributed by atoms with van der Waals surface area (Å²) in [6, 6.07) is 23.1. The standard InChI is InChI=1S/C23H24N2O2/c1-17-15-19(9-14-22(17)25(2)3)23(26)24-20-10-12-21(13-11-20)27-16-18-7-5-4-6-8-18/h4-15H,16H2,1-3H3,(H,24,26). The largest absolute Gasteiger partial charge is 0.489 e. The van der Waals surface area contributed by atoms with E-state index >= 15 is 0 Å². The molecule has 0 saturated carbocycles. The van der Waals surface area contributed by atoms with Crippen molar-refractivity contribution in [3.05, 3.63) is 89.5 Å². The van der Waals surface area contributed by atoms with E-state index < -0.39 is 0 Å². The number of benzene rings is 3. The number of rotatable bonds is 6. The van der Waals surface area contributed by atoms with Gasteiger partial charge in [0, 0.05) is 31.0 Å². The molecule has 0 spiro atoms. The molecule has 0 fully saturated rings. The molecule has 3 aromatic carbocycles. The van der Waals surface area contributed by atoms with Gasteiger partial charge >= 0.3 is 0 Å². The fourth-order valence-corrected chi connectivity index (χ4v) is 2.88. The highest BCUT2D eigenvalue weighted by atomic mass is 16.5. The molecule has 0 atom stereocenters. The molecule has 4 heteroatoms. The molecule has 0 bridgehead atoms. The van der Waals surface area contributed by atoms with Crippen LogP contribution in [0, 0.1) is 6.92 Å². The molecule has 0 aliphatic rings. The summed E-state index contributed by atoms with van der Waals surface area (Å²) < 4.78 is 5.77. The van der Waals surface area contributed by atoms with Crippen molar-refractivity contribution >= 4 is 17.3 Å². The Kier molecular flexibility index (Phi) is 5.77. The van der Waals surface area contributed by atoms with Crippen LogP contribution in [0.5, 0.6) is 5.75 Å². The summed E-state index contributed by atoms with van der Waals surface area (Å²) in [7, 11) is 3.98. The van der Waals surface area contributed by atoms with Gasteiger partial charge in [-0.2, -0.15) is 0 Å². The minimum atomic E-state index is -0.124. The zero-order valence-corrected chi connectivity index (χ0v) is 15.9. The number of hydrogen-bond acceptors (Lipinski definition) is 3. The smallest absolute Gasteiger partial charge is 0.255 e. The normalized spacial score (nSPS) is 10.3. The number of anilines is 2. The zero-order valence-electron chi connectivity index (χ0n) is 15.9. The molecule has 3 rings (SSSR count). The molecule has 0 radical (unpaired) electrons. The lowest BCUT2D eigenvalue weighted by Gasteiger charge is -2.16. The maximum absolute atomic E-state index is 12.5. The fourth-order valence-electron chi connectivity index (χ4n) is 2.88. The molecular weight excluding hydrogens is 336 g/mol. The lowest BCUT2D eigenvalue weighted by atomic mass is 10.1. The Labute approximate surface area is 160 Å². The van der Waals surface area contributed by atoms with Crippen molar-refractivity contribution in [2.24, 2.45) is 0 Å². The van der Waals surface area contributed by atoms with Gasteiger partial charge in [0.1, 0.15) is 12.4 Å². The average molecular weight is 360 g/mol. The van der Waals surface area contributed by atoms with E-state index in [0.717, 1.165) is 28.3 Å². The highest BCUT2D eigenvalue weighted by Crippen LogP contribution is 2.21. The first-order valence-electron chi connectivity index (χ1n) is 8.89. The second-order valence-corrected chi connectivity index (χ2v) is 6.65. The van der Waals surface area contributed by atoms with Gasteiger partial charge in [0.05, 0.1) is 0 Å². The number of ether oxygens (including phenoxy) is 1. The van der Waals surface area contributed by atoms with Crippen LogP contribution in [-0.2, 0) is 6.61 Å². The van der Waals surface area contributed by atoms with E-state index in [1.54, 1.807) is 0 Å². The molecule has 0 unspecified atom stereocenters. The summed E-state index contributed by atoms with van der Waals surface area (Å²) in [5.41, 5.74) is 4.67. The summed E-state index contributed by atoms with van der Waals surface area (Å²) in [4.78, 5) is 14.5. The molecule has 0 aliphatic carbocycles. The van der Waals surface area contributed by atoms with Crippen molar-refractivity contribution in [1.82, 2.24) is 0 Å². The first-order valence-corrected chi connectivity index (χ1v) is 8.89. The monoisotopic (exact) mass is 360 g/mol. The molecule has 1 amide bonds. The number of carbonyl (C=O) groups excluding carboxylic acids is 1. The number of amides is 1. The summed E-state index contributed by atoms with van der Waals surface area (Å²) in [6.45, 7) is 2.52. The van der Waals surface area contributed by atoms with Crippen molar-refractivity contribution in [2.45, 2.75) is 13.5 Å². The van der Waals surface area contributed by atoms with Crippen LogP contribution in [0.1, 0.15) is 21.5 Å². The number of aryl methyl sites for hydroxylation is 1. The van der Waals surface area contributed by atoms with Crippen LogP contribution in [-0.4, -0.2) is 20.0 Å². The van der Waals surface area contributed by atoms with Crippen LogP contribution in [0.15, 0.2) is 72.8 Å². The molecule has 0 heterocycles. The first-order chi connectivity index (χ1) is 13.0. The Morgan fingerprint density at radius 1 is 0.963 bits per heavy atom. The van der Waals surface area contributed by atoms with Crippen LogP contribution in [0.25, 0.3) is 0 Å². The van der Waals surface area contributed by atoms with Crippen molar-refractivity contribution in [3.63, 3.8) is 0 Å². The number of nitrogens with zero attached hydrogens (tertiary/aromatic N) is 1. The summed E-state index contributed by atoms with van der Waals surface area (Å²) >= 11 is 0. The van der Waals surface area contributed by atoms with E-state index in [1.807, 2.05) is 98.7 Å². The van der Waals surface area contributed by atoms with Crippen molar-refractivity contribution < 1.29 is 9.53 Å². The molecule has 4 nitrogen and oxygen atoms in total. The van der Waals surface area contributed by atoms with Crippen molar-refractivity contribution in [2.75, 3.05) is 24.3 Å². The van der Waals surface area contributed by atoms with E-state index in [4.69, 9.17) is 4.74 Å². The topological polar surface area (TPSA) is 41.6 Å². The molecule has 0 saturated heterocycles. The van der Waals surface area contributed by atoms with Gasteiger partial charge in [-0.1, -0.05) is 30.3 Å². The van der Waals surface area contributed by atoms with E-state index in [-0.39, 0.29) is 5.91 Å². The van der Waals surface area contributed by atoms with Crippen LogP contribution in [0.4, 0.5) is 11.4 Å².